The lowest BCUT2D eigenvalue weighted by atomic mass is 9.88. The van der Waals surface area contributed by atoms with Crippen LogP contribution in [0.15, 0.2) is 0 Å². The Balaban J connectivity index is 2.78. The van der Waals surface area contributed by atoms with Crippen LogP contribution in [0.3, 0.4) is 0 Å². The average molecular weight is 291 g/mol. The summed E-state index contributed by atoms with van der Waals surface area (Å²) in [5, 5.41) is 9.37. The molecule has 0 amide bonds. The highest BCUT2D eigenvalue weighted by atomic mass is 32.2. The number of carboxylic acids is 1. The standard InChI is InChI=1S/C13H25NO4S/c1-12(2,3)19(17,18)10-9-14-8-6-5-7-13(14,4)11(15)16/h5-10H2,1-4H3,(H,15,16). The van der Waals surface area contributed by atoms with E-state index in [1.54, 1.807) is 27.7 Å². The van der Waals surface area contributed by atoms with Crippen LogP contribution in [0.25, 0.3) is 0 Å². The van der Waals surface area contributed by atoms with Gasteiger partial charge in [-0.3, -0.25) is 9.69 Å². The molecule has 0 spiro atoms. The van der Waals surface area contributed by atoms with Crippen molar-refractivity contribution in [2.24, 2.45) is 0 Å². The van der Waals surface area contributed by atoms with E-state index in [1.807, 2.05) is 4.90 Å². The van der Waals surface area contributed by atoms with Gasteiger partial charge in [-0.2, -0.15) is 0 Å². The van der Waals surface area contributed by atoms with Gasteiger partial charge in [-0.25, -0.2) is 8.42 Å². The summed E-state index contributed by atoms with van der Waals surface area (Å²) in [6, 6.07) is 0. The van der Waals surface area contributed by atoms with Crippen LogP contribution in [0.2, 0.25) is 0 Å². The summed E-state index contributed by atoms with van der Waals surface area (Å²) < 4.78 is 23.4. The number of likely N-dealkylation sites (tertiary alicyclic amines) is 1. The molecule has 1 fully saturated rings. The van der Waals surface area contributed by atoms with Crippen LogP contribution in [-0.2, 0) is 14.6 Å². The summed E-state index contributed by atoms with van der Waals surface area (Å²) in [6.45, 7) is 7.67. The zero-order valence-electron chi connectivity index (χ0n) is 12.3. The van der Waals surface area contributed by atoms with Gasteiger partial charge in [-0.1, -0.05) is 0 Å². The van der Waals surface area contributed by atoms with E-state index in [4.69, 9.17) is 0 Å². The number of nitrogens with zero attached hydrogens (tertiary/aromatic N) is 1. The average Bonchev–Trinajstić information content (AvgIpc) is 2.26. The van der Waals surface area contributed by atoms with Crippen LogP contribution in [-0.4, -0.2) is 53.5 Å². The fourth-order valence-corrected chi connectivity index (χ4v) is 3.39. The first-order chi connectivity index (χ1) is 8.51. The largest absolute Gasteiger partial charge is 0.480 e. The molecule has 0 radical (unpaired) electrons. The third-order valence-electron chi connectivity index (χ3n) is 4.06. The van der Waals surface area contributed by atoms with Gasteiger partial charge in [0.25, 0.3) is 0 Å². The van der Waals surface area contributed by atoms with Crippen LogP contribution in [0.1, 0.15) is 47.0 Å². The smallest absolute Gasteiger partial charge is 0.323 e. The number of carbonyl (C=O) groups is 1. The molecule has 1 N–H and O–H groups in total. The van der Waals surface area contributed by atoms with Crippen LogP contribution >= 0.6 is 0 Å². The van der Waals surface area contributed by atoms with Crippen LogP contribution in [0.5, 0.6) is 0 Å². The van der Waals surface area contributed by atoms with Gasteiger partial charge >= 0.3 is 5.97 Å². The zero-order chi connectivity index (χ0) is 14.9. The molecule has 1 atom stereocenters. The highest BCUT2D eigenvalue weighted by molar-refractivity contribution is 7.92. The van der Waals surface area contributed by atoms with Crippen molar-refractivity contribution < 1.29 is 18.3 Å². The number of hydrogen-bond donors (Lipinski definition) is 1. The Morgan fingerprint density at radius 2 is 1.89 bits per heavy atom. The summed E-state index contributed by atoms with van der Waals surface area (Å²) in [6.07, 6.45) is 2.39. The van der Waals surface area contributed by atoms with Gasteiger partial charge in [0.2, 0.25) is 0 Å². The minimum absolute atomic E-state index is 0.0133. The van der Waals surface area contributed by atoms with Crippen molar-refractivity contribution in [3.8, 4) is 0 Å². The van der Waals surface area contributed by atoms with Gasteiger partial charge in [-0.15, -0.1) is 0 Å². The zero-order valence-corrected chi connectivity index (χ0v) is 13.1. The van der Waals surface area contributed by atoms with Crippen molar-refractivity contribution in [1.29, 1.82) is 0 Å². The summed E-state index contributed by atoms with van der Waals surface area (Å²) in [7, 11) is -3.21. The Labute approximate surface area is 115 Å². The molecule has 1 heterocycles. The Hall–Kier alpha value is -0.620. The summed E-state index contributed by atoms with van der Waals surface area (Å²) >= 11 is 0. The van der Waals surface area contributed by atoms with E-state index in [0.29, 0.717) is 19.5 Å². The first-order valence-electron chi connectivity index (χ1n) is 6.71. The van der Waals surface area contributed by atoms with Crippen LogP contribution in [0.4, 0.5) is 0 Å². The van der Waals surface area contributed by atoms with Crippen molar-refractivity contribution in [3.63, 3.8) is 0 Å². The predicted octanol–water partition coefficient (Wildman–Crippen LogP) is 1.53. The van der Waals surface area contributed by atoms with E-state index in [0.717, 1.165) is 12.8 Å². The molecule has 0 saturated carbocycles. The van der Waals surface area contributed by atoms with Crippen LogP contribution < -0.4 is 0 Å². The third kappa shape index (κ3) is 3.48. The Morgan fingerprint density at radius 1 is 1.32 bits per heavy atom. The van der Waals surface area contributed by atoms with Gasteiger partial charge in [-0.05, 0) is 53.5 Å². The molecule has 112 valence electrons. The molecule has 0 bridgehead atoms. The van der Waals surface area contributed by atoms with E-state index < -0.39 is 26.1 Å². The third-order valence-corrected chi connectivity index (χ3v) is 6.65. The minimum atomic E-state index is -3.21. The Bertz CT molecular complexity index is 438. The second-order valence-corrected chi connectivity index (χ2v) is 9.32. The molecule has 6 heteroatoms. The molecule has 0 aromatic rings. The molecule has 1 unspecified atom stereocenters. The molecule has 0 aromatic carbocycles. The maximum atomic E-state index is 12.1. The number of hydrogen-bond acceptors (Lipinski definition) is 4. The molecule has 1 saturated heterocycles. The molecule has 1 rings (SSSR count). The van der Waals surface area contributed by atoms with Crippen molar-refractivity contribution in [2.45, 2.75) is 57.2 Å². The lowest BCUT2D eigenvalue weighted by Gasteiger charge is -2.41. The first-order valence-corrected chi connectivity index (χ1v) is 8.37. The van der Waals surface area contributed by atoms with E-state index in [2.05, 4.69) is 0 Å². The maximum absolute atomic E-state index is 12.1. The molecule has 0 aliphatic carbocycles. The molecular weight excluding hydrogens is 266 g/mol. The highest BCUT2D eigenvalue weighted by Gasteiger charge is 2.42. The molecular formula is C13H25NO4S. The van der Waals surface area contributed by atoms with E-state index in [-0.39, 0.29) is 5.75 Å². The molecule has 0 aromatic heterocycles. The Kier molecular flexibility index (Phi) is 4.67. The summed E-state index contributed by atoms with van der Waals surface area (Å²) in [4.78, 5) is 13.2. The number of rotatable bonds is 4. The lowest BCUT2D eigenvalue weighted by molar-refractivity contribution is -0.152. The quantitative estimate of drug-likeness (QED) is 0.850. The Morgan fingerprint density at radius 3 is 2.37 bits per heavy atom. The molecule has 19 heavy (non-hydrogen) atoms. The molecule has 5 nitrogen and oxygen atoms in total. The first kappa shape index (κ1) is 16.4. The van der Waals surface area contributed by atoms with Crippen molar-refractivity contribution in [3.05, 3.63) is 0 Å². The second-order valence-electron chi connectivity index (χ2n) is 6.45. The maximum Gasteiger partial charge on any atom is 0.323 e. The van der Waals surface area contributed by atoms with E-state index >= 15 is 0 Å². The van der Waals surface area contributed by atoms with Gasteiger partial charge < -0.3 is 5.11 Å². The number of carboxylic acid groups (broad SMARTS) is 1. The van der Waals surface area contributed by atoms with Crippen molar-refractivity contribution >= 4 is 15.8 Å². The predicted molar refractivity (Wildman–Crippen MR) is 75.0 cm³/mol. The fraction of sp³-hybridized carbons (Fsp3) is 0.923. The SMILES string of the molecule is CC1(C(=O)O)CCCCN1CCS(=O)(=O)C(C)(C)C. The topological polar surface area (TPSA) is 74.7 Å². The van der Waals surface area contributed by atoms with Crippen molar-refractivity contribution in [2.75, 3.05) is 18.8 Å². The number of aliphatic carboxylic acids is 1. The monoisotopic (exact) mass is 291 g/mol. The molecule has 1 aliphatic rings. The number of sulfone groups is 1. The second kappa shape index (κ2) is 5.40. The van der Waals surface area contributed by atoms with Gasteiger partial charge in [0, 0.05) is 6.54 Å². The highest BCUT2D eigenvalue weighted by Crippen LogP contribution is 2.28. The molecule has 1 aliphatic heterocycles. The normalized spacial score (nSPS) is 26.3. The minimum Gasteiger partial charge on any atom is -0.480 e. The van der Waals surface area contributed by atoms with Crippen molar-refractivity contribution in [1.82, 2.24) is 4.90 Å². The summed E-state index contributed by atoms with van der Waals surface area (Å²) in [5.74, 6) is -0.848. The summed E-state index contributed by atoms with van der Waals surface area (Å²) in [5.41, 5.74) is -0.925. The van der Waals surface area contributed by atoms with E-state index in [1.165, 1.54) is 0 Å². The lowest BCUT2D eigenvalue weighted by Crippen LogP contribution is -2.56. The van der Waals surface area contributed by atoms with Crippen LogP contribution in [0, 0.1) is 0 Å². The van der Waals surface area contributed by atoms with E-state index in [9.17, 15) is 18.3 Å². The van der Waals surface area contributed by atoms with Gasteiger partial charge in [0.05, 0.1) is 10.5 Å². The van der Waals surface area contributed by atoms with Gasteiger partial charge in [0.15, 0.2) is 9.84 Å². The fourth-order valence-electron chi connectivity index (χ4n) is 2.31. The number of piperidine rings is 1. The van der Waals surface area contributed by atoms with Gasteiger partial charge in [0.1, 0.15) is 5.54 Å².